The number of benzene rings is 1. The smallest absolute Gasteiger partial charge is 0.253 e. The lowest BCUT2D eigenvalue weighted by Gasteiger charge is -2.23. The van der Waals surface area contributed by atoms with Crippen LogP contribution in [0.25, 0.3) is 11.3 Å². The molecule has 1 aliphatic rings. The van der Waals surface area contributed by atoms with Gasteiger partial charge in [-0.2, -0.15) is 0 Å². The molecule has 4 N–H and O–H groups in total. The van der Waals surface area contributed by atoms with Gasteiger partial charge >= 0.3 is 0 Å². The number of nitrogens with zero attached hydrogens (tertiary/aromatic N) is 2. The van der Waals surface area contributed by atoms with Crippen LogP contribution in [0.1, 0.15) is 52.2 Å². The van der Waals surface area contributed by atoms with Crippen LogP contribution < -0.4 is 21.3 Å². The van der Waals surface area contributed by atoms with Crippen molar-refractivity contribution in [3.63, 3.8) is 0 Å². The van der Waals surface area contributed by atoms with Crippen molar-refractivity contribution < 1.29 is 9.90 Å². The van der Waals surface area contributed by atoms with Gasteiger partial charge in [0.25, 0.3) is 11.5 Å². The second kappa shape index (κ2) is 9.17. The van der Waals surface area contributed by atoms with Crippen LogP contribution in [-0.4, -0.2) is 27.0 Å². The van der Waals surface area contributed by atoms with E-state index in [2.05, 4.69) is 29.6 Å². The van der Waals surface area contributed by atoms with Crippen molar-refractivity contribution in [2.24, 2.45) is 0 Å². The molecule has 2 aromatic heterocycles. The van der Waals surface area contributed by atoms with Crippen LogP contribution in [0.15, 0.2) is 41.2 Å². The van der Waals surface area contributed by atoms with E-state index in [0.717, 1.165) is 33.8 Å². The number of carbonyl (C=O) groups is 1. The number of nitrogens with one attached hydrogen (secondary N) is 3. The maximum atomic E-state index is 13.3. The Morgan fingerprint density at radius 1 is 1.21 bits per heavy atom. The van der Waals surface area contributed by atoms with Crippen molar-refractivity contribution in [1.29, 1.82) is 0 Å². The monoisotopic (exact) mass is 447 g/mol. The molecule has 0 saturated heterocycles. The van der Waals surface area contributed by atoms with Gasteiger partial charge in [0.05, 0.1) is 12.3 Å². The zero-order valence-electron chi connectivity index (χ0n) is 19.3. The van der Waals surface area contributed by atoms with E-state index in [4.69, 9.17) is 4.98 Å². The summed E-state index contributed by atoms with van der Waals surface area (Å²) in [5.41, 5.74) is 8.98. The highest BCUT2D eigenvalue weighted by atomic mass is 16.3. The SMILES string of the molecule is Cc1cc(C)c(CNC(=O)c2cc(-c3ccc(CO)cc3)nc3c2CNN3C(C)C)c(=O)[nH]1. The molecule has 1 amide bonds. The van der Waals surface area contributed by atoms with Gasteiger partial charge in [0.1, 0.15) is 5.82 Å². The van der Waals surface area contributed by atoms with E-state index >= 15 is 0 Å². The maximum absolute atomic E-state index is 13.3. The first kappa shape index (κ1) is 22.7. The van der Waals surface area contributed by atoms with E-state index in [1.54, 1.807) is 6.07 Å². The molecule has 0 aliphatic carbocycles. The average molecular weight is 448 g/mol. The minimum Gasteiger partial charge on any atom is -0.392 e. The molecule has 0 bridgehead atoms. The largest absolute Gasteiger partial charge is 0.392 e. The summed E-state index contributed by atoms with van der Waals surface area (Å²) in [6.45, 7) is 8.41. The summed E-state index contributed by atoms with van der Waals surface area (Å²) in [4.78, 5) is 33.3. The lowest BCUT2D eigenvalue weighted by molar-refractivity contribution is 0.0950. The van der Waals surface area contributed by atoms with Gasteiger partial charge in [-0.3, -0.25) is 14.6 Å². The first-order chi connectivity index (χ1) is 15.8. The van der Waals surface area contributed by atoms with Crippen LogP contribution in [0.3, 0.4) is 0 Å². The van der Waals surface area contributed by atoms with E-state index in [1.807, 2.05) is 49.2 Å². The summed E-state index contributed by atoms with van der Waals surface area (Å²) in [5.74, 6) is 0.469. The van der Waals surface area contributed by atoms with Crippen LogP contribution in [0.2, 0.25) is 0 Å². The van der Waals surface area contributed by atoms with Gasteiger partial charge < -0.3 is 15.4 Å². The van der Waals surface area contributed by atoms with E-state index < -0.39 is 0 Å². The highest BCUT2D eigenvalue weighted by Crippen LogP contribution is 2.32. The van der Waals surface area contributed by atoms with Crippen LogP contribution in [0.5, 0.6) is 0 Å². The van der Waals surface area contributed by atoms with Crippen molar-refractivity contribution in [1.82, 2.24) is 20.7 Å². The summed E-state index contributed by atoms with van der Waals surface area (Å²) < 4.78 is 0. The third kappa shape index (κ3) is 4.53. The normalized spacial score (nSPS) is 12.8. The molecular formula is C25H29N5O3. The number of aryl methyl sites for hydroxylation is 2. The molecule has 0 atom stereocenters. The van der Waals surface area contributed by atoms with Gasteiger partial charge in [-0.15, -0.1) is 0 Å². The van der Waals surface area contributed by atoms with E-state index in [1.165, 1.54) is 0 Å². The van der Waals surface area contributed by atoms with Crippen LogP contribution in [0.4, 0.5) is 5.82 Å². The number of pyridine rings is 2. The van der Waals surface area contributed by atoms with E-state index in [-0.39, 0.29) is 30.7 Å². The fraction of sp³-hybridized carbons (Fsp3) is 0.320. The minimum atomic E-state index is -0.256. The molecule has 3 aromatic rings. The molecule has 0 spiro atoms. The predicted octanol–water partition coefficient (Wildman–Crippen LogP) is 2.71. The van der Waals surface area contributed by atoms with Gasteiger partial charge in [0.15, 0.2) is 0 Å². The van der Waals surface area contributed by atoms with Crippen LogP contribution in [-0.2, 0) is 19.7 Å². The van der Waals surface area contributed by atoms with Gasteiger partial charge in [-0.05, 0) is 51.0 Å². The van der Waals surface area contributed by atoms with Crippen molar-refractivity contribution in [3.8, 4) is 11.3 Å². The van der Waals surface area contributed by atoms with Crippen molar-refractivity contribution >= 4 is 11.7 Å². The molecule has 1 aromatic carbocycles. The summed E-state index contributed by atoms with van der Waals surface area (Å²) in [5, 5.41) is 14.2. The number of aliphatic hydroxyl groups is 1. The lowest BCUT2D eigenvalue weighted by Crippen LogP contribution is -2.38. The van der Waals surface area contributed by atoms with Crippen molar-refractivity contribution in [2.45, 2.75) is 53.4 Å². The molecule has 8 nitrogen and oxygen atoms in total. The maximum Gasteiger partial charge on any atom is 0.253 e. The fourth-order valence-electron chi connectivity index (χ4n) is 4.09. The highest BCUT2D eigenvalue weighted by Gasteiger charge is 2.29. The number of H-pyrrole nitrogens is 1. The molecular weight excluding hydrogens is 418 g/mol. The highest BCUT2D eigenvalue weighted by molar-refractivity contribution is 5.98. The molecule has 8 heteroatoms. The summed E-state index contributed by atoms with van der Waals surface area (Å²) >= 11 is 0. The Morgan fingerprint density at radius 3 is 2.58 bits per heavy atom. The number of aromatic amines is 1. The van der Waals surface area contributed by atoms with Crippen molar-refractivity contribution in [3.05, 3.63) is 80.3 Å². The van der Waals surface area contributed by atoms with E-state index in [9.17, 15) is 14.7 Å². The molecule has 0 unspecified atom stereocenters. The number of rotatable bonds is 6. The quantitative estimate of drug-likeness (QED) is 0.463. The van der Waals surface area contributed by atoms with Gasteiger partial charge in [0, 0.05) is 47.1 Å². The zero-order valence-corrected chi connectivity index (χ0v) is 19.3. The van der Waals surface area contributed by atoms with Crippen LogP contribution in [0, 0.1) is 13.8 Å². The summed E-state index contributed by atoms with van der Waals surface area (Å²) in [7, 11) is 0. The number of hydrazine groups is 1. The first-order valence-corrected chi connectivity index (χ1v) is 11.0. The number of hydrogen-bond acceptors (Lipinski definition) is 6. The van der Waals surface area contributed by atoms with Gasteiger partial charge in [-0.1, -0.05) is 24.3 Å². The molecule has 3 heterocycles. The second-order valence-electron chi connectivity index (χ2n) is 8.64. The molecule has 1 aliphatic heterocycles. The Labute approximate surface area is 192 Å². The summed E-state index contributed by atoms with van der Waals surface area (Å²) in [6, 6.07) is 11.3. The number of amides is 1. The first-order valence-electron chi connectivity index (χ1n) is 11.0. The third-order valence-electron chi connectivity index (χ3n) is 5.87. The molecule has 4 rings (SSSR count). The Balaban J connectivity index is 1.71. The number of hydrogen-bond donors (Lipinski definition) is 4. The molecule has 0 radical (unpaired) electrons. The number of anilines is 1. The molecule has 33 heavy (non-hydrogen) atoms. The van der Waals surface area contributed by atoms with Crippen molar-refractivity contribution in [2.75, 3.05) is 5.01 Å². The molecule has 172 valence electrons. The number of fused-ring (bicyclic) bond motifs is 1. The average Bonchev–Trinajstić information content (AvgIpc) is 3.22. The standard InChI is InChI=1S/C25H29N5O3/c1-14(2)30-23-21(12-27-30)19(10-22(29-23)18-7-5-17(13-31)6-8-18)24(32)26-11-20-15(3)9-16(4)28-25(20)33/h5-10,14,27,31H,11-13H2,1-4H3,(H,26,32)(H,28,33). The Hall–Kier alpha value is -3.49. The zero-order chi connectivity index (χ0) is 23.7. The predicted molar refractivity (Wildman–Crippen MR) is 128 cm³/mol. The number of aliphatic hydroxyl groups excluding tert-OH is 1. The Morgan fingerprint density at radius 2 is 1.94 bits per heavy atom. The third-order valence-corrected chi connectivity index (χ3v) is 5.87. The van der Waals surface area contributed by atoms with Crippen LogP contribution >= 0.6 is 0 Å². The Kier molecular flexibility index (Phi) is 6.31. The summed E-state index contributed by atoms with van der Waals surface area (Å²) in [6.07, 6.45) is 0. The topological polar surface area (TPSA) is 110 Å². The lowest BCUT2D eigenvalue weighted by atomic mass is 10.0. The minimum absolute atomic E-state index is 0.0336. The van der Waals surface area contributed by atoms with E-state index in [0.29, 0.717) is 23.4 Å². The Bertz CT molecular complexity index is 1250. The molecule has 0 fully saturated rings. The molecule has 0 saturated carbocycles. The number of aromatic nitrogens is 2. The second-order valence-corrected chi connectivity index (χ2v) is 8.64. The van der Waals surface area contributed by atoms with Gasteiger partial charge in [0.2, 0.25) is 0 Å². The number of carbonyl (C=O) groups excluding carboxylic acids is 1. The van der Waals surface area contributed by atoms with Gasteiger partial charge in [-0.25, -0.2) is 10.4 Å². The fourth-order valence-corrected chi connectivity index (χ4v) is 4.09.